The van der Waals surface area contributed by atoms with E-state index in [0.717, 1.165) is 55.7 Å². The molecule has 1 aromatic heterocycles. The molecule has 1 aliphatic carbocycles. The lowest BCUT2D eigenvalue weighted by molar-refractivity contribution is -0.142. The van der Waals surface area contributed by atoms with Gasteiger partial charge in [0.05, 0.1) is 13.7 Å². The number of hydrogen-bond acceptors (Lipinski definition) is 4. The van der Waals surface area contributed by atoms with Crippen molar-refractivity contribution in [3.8, 4) is 28.1 Å². The predicted molar refractivity (Wildman–Crippen MR) is 133 cm³/mol. The Bertz CT molecular complexity index is 1070. The molecule has 0 bridgehead atoms. The number of methoxy groups -OCH3 is 1. The van der Waals surface area contributed by atoms with Gasteiger partial charge < -0.3 is 14.6 Å². The van der Waals surface area contributed by atoms with Gasteiger partial charge in [0.2, 0.25) is 0 Å². The largest absolute Gasteiger partial charge is 0.497 e. The van der Waals surface area contributed by atoms with E-state index in [4.69, 9.17) is 19.7 Å². The Morgan fingerprint density at radius 3 is 2.29 bits per heavy atom. The highest BCUT2D eigenvalue weighted by molar-refractivity contribution is 5.83. The van der Waals surface area contributed by atoms with Gasteiger partial charge in [0.25, 0.3) is 0 Å². The van der Waals surface area contributed by atoms with Gasteiger partial charge in [-0.05, 0) is 73.8 Å². The van der Waals surface area contributed by atoms with Crippen molar-refractivity contribution in [1.82, 2.24) is 9.78 Å². The fourth-order valence-corrected chi connectivity index (χ4v) is 5.00. The zero-order chi connectivity index (χ0) is 23.9. The van der Waals surface area contributed by atoms with Crippen LogP contribution in [0.25, 0.3) is 22.4 Å². The second-order valence-electron chi connectivity index (χ2n) is 9.10. The second kappa shape index (κ2) is 11.3. The molecule has 34 heavy (non-hydrogen) atoms. The van der Waals surface area contributed by atoms with Crippen molar-refractivity contribution in [3.63, 3.8) is 0 Å². The molecule has 0 amide bonds. The number of benzene rings is 2. The summed E-state index contributed by atoms with van der Waals surface area (Å²) in [6, 6.07) is 18.7. The molecular formula is C28H34N2O4. The van der Waals surface area contributed by atoms with Crippen LogP contribution in [-0.4, -0.2) is 41.2 Å². The van der Waals surface area contributed by atoms with E-state index in [1.165, 1.54) is 16.8 Å². The Morgan fingerprint density at radius 2 is 1.68 bits per heavy atom. The number of aromatic nitrogens is 2. The molecule has 1 N–H and O–H groups in total. The normalized spacial score (nSPS) is 18.1. The van der Waals surface area contributed by atoms with Crippen molar-refractivity contribution in [2.75, 3.05) is 20.3 Å². The number of nitrogens with zero attached hydrogens (tertiary/aromatic N) is 2. The molecule has 1 saturated carbocycles. The summed E-state index contributed by atoms with van der Waals surface area (Å²) in [5, 5.41) is 13.9. The molecule has 0 unspecified atom stereocenters. The summed E-state index contributed by atoms with van der Waals surface area (Å²) in [7, 11) is 1.68. The Balaban J connectivity index is 1.56. The fourth-order valence-electron chi connectivity index (χ4n) is 5.00. The van der Waals surface area contributed by atoms with E-state index in [0.29, 0.717) is 18.4 Å². The molecule has 0 radical (unpaired) electrons. The number of rotatable bonds is 10. The minimum Gasteiger partial charge on any atom is -0.497 e. The van der Waals surface area contributed by atoms with E-state index in [2.05, 4.69) is 48.0 Å². The molecule has 3 aromatic rings. The van der Waals surface area contributed by atoms with Crippen LogP contribution in [-0.2, 0) is 22.5 Å². The monoisotopic (exact) mass is 462 g/mol. The van der Waals surface area contributed by atoms with Crippen molar-refractivity contribution < 1.29 is 19.4 Å². The number of hydrogen-bond donors (Lipinski definition) is 1. The van der Waals surface area contributed by atoms with Crippen molar-refractivity contribution in [2.24, 2.45) is 11.8 Å². The summed E-state index contributed by atoms with van der Waals surface area (Å²) in [4.78, 5) is 10.7. The standard InChI is InChI=1S/C28H34N2O4/c1-3-25-27(22-7-5-4-6-8-22)28(23-13-15-24(33-2)16-14-23)29-30(25)17-20-9-11-21(12-10-20)18-34-19-26(31)32/h4-8,13-16,20-21H,3,9-12,17-19H2,1-2H3,(H,31,32). The summed E-state index contributed by atoms with van der Waals surface area (Å²) in [5.74, 6) is 0.951. The number of aliphatic carboxylic acids is 1. The lowest BCUT2D eigenvalue weighted by Gasteiger charge is -2.28. The van der Waals surface area contributed by atoms with Crippen LogP contribution >= 0.6 is 0 Å². The van der Waals surface area contributed by atoms with Crippen LogP contribution in [0, 0.1) is 11.8 Å². The summed E-state index contributed by atoms with van der Waals surface area (Å²) >= 11 is 0. The van der Waals surface area contributed by atoms with Crippen LogP contribution in [0.1, 0.15) is 38.3 Å². The average Bonchev–Trinajstić information content (AvgIpc) is 3.23. The first kappa shape index (κ1) is 24.0. The summed E-state index contributed by atoms with van der Waals surface area (Å²) in [5.41, 5.74) is 5.78. The third-order valence-electron chi connectivity index (χ3n) is 6.80. The van der Waals surface area contributed by atoms with E-state index in [1.807, 2.05) is 18.2 Å². The molecule has 6 nitrogen and oxygen atoms in total. The SMILES string of the molecule is CCc1c(-c2ccccc2)c(-c2ccc(OC)cc2)nn1CC1CCC(COCC(=O)O)CC1. The van der Waals surface area contributed by atoms with Gasteiger partial charge in [-0.2, -0.15) is 5.10 Å². The van der Waals surface area contributed by atoms with Crippen molar-refractivity contribution >= 4 is 5.97 Å². The maximum Gasteiger partial charge on any atom is 0.329 e. The quantitative estimate of drug-likeness (QED) is 0.419. The van der Waals surface area contributed by atoms with Gasteiger partial charge in [0.1, 0.15) is 18.1 Å². The second-order valence-corrected chi connectivity index (χ2v) is 9.10. The smallest absolute Gasteiger partial charge is 0.329 e. The zero-order valence-electron chi connectivity index (χ0n) is 20.1. The first-order chi connectivity index (χ1) is 16.6. The highest BCUT2D eigenvalue weighted by atomic mass is 16.5. The maximum atomic E-state index is 10.7. The predicted octanol–water partition coefficient (Wildman–Crippen LogP) is 5.70. The minimum atomic E-state index is -0.902. The van der Waals surface area contributed by atoms with E-state index >= 15 is 0 Å². The molecule has 180 valence electrons. The molecule has 6 heteroatoms. The highest BCUT2D eigenvalue weighted by Crippen LogP contribution is 2.37. The molecule has 0 spiro atoms. The van der Waals surface area contributed by atoms with E-state index < -0.39 is 5.97 Å². The third kappa shape index (κ3) is 5.68. The summed E-state index contributed by atoms with van der Waals surface area (Å²) < 4.78 is 12.9. The average molecular weight is 463 g/mol. The van der Waals surface area contributed by atoms with E-state index in [-0.39, 0.29) is 6.61 Å². The van der Waals surface area contributed by atoms with Crippen LogP contribution < -0.4 is 4.74 Å². The Morgan fingerprint density at radius 1 is 1.00 bits per heavy atom. The van der Waals surface area contributed by atoms with Crippen LogP contribution in [0.4, 0.5) is 0 Å². The van der Waals surface area contributed by atoms with Crippen molar-refractivity contribution in [2.45, 2.75) is 45.6 Å². The number of carbonyl (C=O) groups is 1. The molecule has 0 atom stereocenters. The number of carboxylic acids is 1. The van der Waals surface area contributed by atoms with Crippen molar-refractivity contribution in [1.29, 1.82) is 0 Å². The maximum absolute atomic E-state index is 10.7. The zero-order valence-corrected chi connectivity index (χ0v) is 20.1. The van der Waals surface area contributed by atoms with Crippen LogP contribution in [0.2, 0.25) is 0 Å². The Kier molecular flexibility index (Phi) is 8.01. The summed E-state index contributed by atoms with van der Waals surface area (Å²) in [6.07, 6.45) is 5.28. The fraction of sp³-hybridized carbons (Fsp3) is 0.429. The van der Waals surface area contributed by atoms with Gasteiger partial charge in [0, 0.05) is 23.4 Å². The molecular weight excluding hydrogens is 428 g/mol. The van der Waals surface area contributed by atoms with Gasteiger partial charge in [-0.1, -0.05) is 37.3 Å². The third-order valence-corrected chi connectivity index (χ3v) is 6.80. The van der Waals surface area contributed by atoms with E-state index in [9.17, 15) is 4.79 Å². The van der Waals surface area contributed by atoms with Gasteiger partial charge in [-0.3, -0.25) is 4.68 Å². The molecule has 4 rings (SSSR count). The molecule has 0 aliphatic heterocycles. The number of carboxylic acid groups (broad SMARTS) is 1. The van der Waals surface area contributed by atoms with Gasteiger partial charge in [-0.15, -0.1) is 0 Å². The molecule has 1 heterocycles. The van der Waals surface area contributed by atoms with Gasteiger partial charge in [0.15, 0.2) is 0 Å². The highest BCUT2D eigenvalue weighted by Gasteiger charge is 2.25. The van der Waals surface area contributed by atoms with Crippen molar-refractivity contribution in [3.05, 3.63) is 60.3 Å². The summed E-state index contributed by atoms with van der Waals surface area (Å²) in [6.45, 7) is 3.44. The topological polar surface area (TPSA) is 73.6 Å². The van der Waals surface area contributed by atoms with Gasteiger partial charge >= 0.3 is 5.97 Å². The first-order valence-corrected chi connectivity index (χ1v) is 12.2. The lowest BCUT2D eigenvalue weighted by Crippen LogP contribution is -2.23. The van der Waals surface area contributed by atoms with Crippen LogP contribution in [0.5, 0.6) is 5.75 Å². The van der Waals surface area contributed by atoms with Crippen LogP contribution in [0.3, 0.4) is 0 Å². The van der Waals surface area contributed by atoms with E-state index in [1.54, 1.807) is 7.11 Å². The molecule has 0 saturated heterocycles. The minimum absolute atomic E-state index is 0.205. The number of ether oxygens (including phenoxy) is 2. The lowest BCUT2D eigenvalue weighted by atomic mass is 9.82. The van der Waals surface area contributed by atoms with Crippen LogP contribution in [0.15, 0.2) is 54.6 Å². The Hall–Kier alpha value is -3.12. The molecule has 1 aliphatic rings. The first-order valence-electron chi connectivity index (χ1n) is 12.2. The molecule has 1 fully saturated rings. The van der Waals surface area contributed by atoms with Gasteiger partial charge in [-0.25, -0.2) is 4.79 Å². The molecule has 2 aromatic carbocycles. The Labute approximate surface area is 201 Å².